The Morgan fingerprint density at radius 3 is 2.65 bits per heavy atom. The zero-order valence-corrected chi connectivity index (χ0v) is 11.8. The summed E-state index contributed by atoms with van der Waals surface area (Å²) >= 11 is 0. The van der Waals surface area contributed by atoms with Crippen LogP contribution in [-0.2, 0) is 6.42 Å². The van der Waals surface area contributed by atoms with Crippen molar-refractivity contribution in [3.8, 4) is 11.4 Å². The minimum atomic E-state index is -0.896. The van der Waals surface area contributed by atoms with E-state index in [4.69, 9.17) is 4.74 Å². The highest BCUT2D eigenvalue weighted by atomic mass is 16.5. The Kier molecular flexibility index (Phi) is 4.45. The molecule has 0 saturated heterocycles. The lowest BCUT2D eigenvalue weighted by molar-refractivity contribution is 0.0695. The van der Waals surface area contributed by atoms with E-state index in [2.05, 4.69) is 6.92 Å². The maximum atomic E-state index is 11.2. The van der Waals surface area contributed by atoms with Crippen LogP contribution in [0.4, 0.5) is 0 Å². The molecule has 0 spiro atoms. The van der Waals surface area contributed by atoms with Crippen molar-refractivity contribution in [2.75, 3.05) is 6.61 Å². The number of carboxylic acids is 1. The van der Waals surface area contributed by atoms with Crippen LogP contribution >= 0.6 is 0 Å². The van der Waals surface area contributed by atoms with Gasteiger partial charge in [0.25, 0.3) is 0 Å². The minimum absolute atomic E-state index is 0.345. The van der Waals surface area contributed by atoms with Crippen LogP contribution in [0.15, 0.2) is 36.5 Å². The van der Waals surface area contributed by atoms with E-state index in [0.717, 1.165) is 23.6 Å². The summed E-state index contributed by atoms with van der Waals surface area (Å²) in [6.07, 6.45) is 3.37. The van der Waals surface area contributed by atoms with Gasteiger partial charge in [0.15, 0.2) is 0 Å². The number of benzene rings is 1. The fourth-order valence-electron chi connectivity index (χ4n) is 2.24. The molecule has 0 bridgehead atoms. The fraction of sp³-hybridized carbons (Fsp3) is 0.312. The lowest BCUT2D eigenvalue weighted by atomic mass is 10.2. The van der Waals surface area contributed by atoms with Gasteiger partial charge < -0.3 is 14.4 Å². The zero-order valence-electron chi connectivity index (χ0n) is 11.8. The van der Waals surface area contributed by atoms with E-state index < -0.39 is 5.97 Å². The molecule has 4 heteroatoms. The summed E-state index contributed by atoms with van der Waals surface area (Å²) in [7, 11) is 0. The monoisotopic (exact) mass is 273 g/mol. The third-order valence-corrected chi connectivity index (χ3v) is 3.14. The van der Waals surface area contributed by atoms with Crippen LogP contribution in [0, 0.1) is 0 Å². The number of rotatable bonds is 6. The zero-order chi connectivity index (χ0) is 14.5. The Bertz CT molecular complexity index is 602. The average Bonchev–Trinajstić information content (AvgIpc) is 2.89. The highest BCUT2D eigenvalue weighted by molar-refractivity contribution is 5.89. The maximum absolute atomic E-state index is 11.2. The van der Waals surface area contributed by atoms with Gasteiger partial charge in [0, 0.05) is 11.9 Å². The number of aromatic carboxylic acids is 1. The largest absolute Gasteiger partial charge is 0.491 e. The van der Waals surface area contributed by atoms with Crippen molar-refractivity contribution in [3.63, 3.8) is 0 Å². The lowest BCUT2D eigenvalue weighted by Gasteiger charge is -2.14. The van der Waals surface area contributed by atoms with Gasteiger partial charge in [-0.05, 0) is 31.0 Å². The Balaban J connectivity index is 2.48. The first-order valence-corrected chi connectivity index (χ1v) is 6.84. The van der Waals surface area contributed by atoms with Crippen LogP contribution in [0.5, 0.6) is 5.75 Å². The van der Waals surface area contributed by atoms with Crippen LogP contribution in [0.3, 0.4) is 0 Å². The summed E-state index contributed by atoms with van der Waals surface area (Å²) in [4.78, 5) is 11.2. The van der Waals surface area contributed by atoms with Gasteiger partial charge in [0.05, 0.1) is 17.9 Å². The number of para-hydroxylation sites is 2. The second kappa shape index (κ2) is 6.28. The summed E-state index contributed by atoms with van der Waals surface area (Å²) in [6, 6.07) is 9.33. The van der Waals surface area contributed by atoms with E-state index in [-0.39, 0.29) is 0 Å². The van der Waals surface area contributed by atoms with Crippen LogP contribution in [0.1, 0.15) is 36.3 Å². The molecule has 0 aliphatic carbocycles. The first-order valence-electron chi connectivity index (χ1n) is 6.84. The van der Waals surface area contributed by atoms with Crippen molar-refractivity contribution >= 4 is 5.97 Å². The van der Waals surface area contributed by atoms with E-state index >= 15 is 0 Å². The predicted octanol–water partition coefficient (Wildman–Crippen LogP) is 3.53. The Morgan fingerprint density at radius 1 is 1.25 bits per heavy atom. The second-order valence-corrected chi connectivity index (χ2v) is 4.52. The number of carboxylic acid groups (broad SMARTS) is 1. The molecule has 0 radical (unpaired) electrons. The molecule has 2 rings (SSSR count). The first kappa shape index (κ1) is 14.2. The van der Waals surface area contributed by atoms with Crippen molar-refractivity contribution < 1.29 is 14.6 Å². The number of hydrogen-bond acceptors (Lipinski definition) is 2. The highest BCUT2D eigenvalue weighted by Gasteiger charge is 2.16. The van der Waals surface area contributed by atoms with Gasteiger partial charge in [-0.3, -0.25) is 0 Å². The maximum Gasteiger partial charge on any atom is 0.337 e. The molecule has 0 fully saturated rings. The Labute approximate surface area is 118 Å². The molecule has 1 heterocycles. The van der Waals surface area contributed by atoms with E-state index in [1.807, 2.05) is 35.8 Å². The summed E-state index contributed by atoms with van der Waals surface area (Å²) in [5.41, 5.74) is 2.01. The summed E-state index contributed by atoms with van der Waals surface area (Å²) in [5, 5.41) is 9.22. The Morgan fingerprint density at radius 2 is 2.00 bits per heavy atom. The molecule has 1 aromatic heterocycles. The van der Waals surface area contributed by atoms with Crippen molar-refractivity contribution in [1.29, 1.82) is 0 Å². The molecule has 0 amide bonds. The van der Waals surface area contributed by atoms with Crippen LogP contribution < -0.4 is 4.74 Å². The normalized spacial score (nSPS) is 10.5. The number of aromatic nitrogens is 1. The van der Waals surface area contributed by atoms with Crippen LogP contribution in [-0.4, -0.2) is 22.2 Å². The number of carbonyl (C=O) groups is 1. The molecule has 0 saturated carbocycles. The molecule has 106 valence electrons. The molecule has 2 aromatic rings. The van der Waals surface area contributed by atoms with Gasteiger partial charge in [0.1, 0.15) is 5.75 Å². The highest BCUT2D eigenvalue weighted by Crippen LogP contribution is 2.26. The van der Waals surface area contributed by atoms with E-state index in [1.54, 1.807) is 12.3 Å². The van der Waals surface area contributed by atoms with Gasteiger partial charge in [-0.2, -0.15) is 0 Å². The molecule has 0 aliphatic rings. The van der Waals surface area contributed by atoms with Crippen molar-refractivity contribution in [1.82, 2.24) is 4.57 Å². The summed E-state index contributed by atoms with van der Waals surface area (Å²) in [5.74, 6) is -0.121. The quantitative estimate of drug-likeness (QED) is 0.876. The molecule has 1 N–H and O–H groups in total. The van der Waals surface area contributed by atoms with Gasteiger partial charge >= 0.3 is 5.97 Å². The lowest BCUT2D eigenvalue weighted by Crippen LogP contribution is -2.06. The SMILES string of the molecule is CCCOc1ccccc1-n1ccc(C(=O)O)c1CC. The second-order valence-electron chi connectivity index (χ2n) is 4.52. The molecule has 0 unspecified atom stereocenters. The molecule has 20 heavy (non-hydrogen) atoms. The van der Waals surface area contributed by atoms with Crippen molar-refractivity contribution in [2.24, 2.45) is 0 Å². The number of ether oxygens (including phenoxy) is 1. The number of hydrogen-bond donors (Lipinski definition) is 1. The summed E-state index contributed by atoms with van der Waals surface area (Å²) in [6.45, 7) is 4.65. The molecular weight excluding hydrogens is 254 g/mol. The van der Waals surface area contributed by atoms with Crippen molar-refractivity contribution in [2.45, 2.75) is 26.7 Å². The average molecular weight is 273 g/mol. The van der Waals surface area contributed by atoms with Crippen LogP contribution in [0.25, 0.3) is 5.69 Å². The molecular formula is C16H19NO3. The predicted molar refractivity (Wildman–Crippen MR) is 77.9 cm³/mol. The molecule has 1 aromatic carbocycles. The smallest absolute Gasteiger partial charge is 0.337 e. The standard InChI is InChI=1S/C16H19NO3/c1-3-11-20-15-8-6-5-7-14(15)17-10-9-12(16(18)19)13(17)4-2/h5-10H,3-4,11H2,1-2H3,(H,18,19). The third-order valence-electron chi connectivity index (χ3n) is 3.14. The molecule has 4 nitrogen and oxygen atoms in total. The van der Waals surface area contributed by atoms with Crippen molar-refractivity contribution in [3.05, 3.63) is 47.8 Å². The minimum Gasteiger partial charge on any atom is -0.491 e. The first-order chi connectivity index (χ1) is 9.69. The third kappa shape index (κ3) is 2.69. The number of nitrogens with zero attached hydrogens (tertiary/aromatic N) is 1. The van der Waals surface area contributed by atoms with E-state index in [0.29, 0.717) is 18.6 Å². The summed E-state index contributed by atoms with van der Waals surface area (Å²) < 4.78 is 7.64. The van der Waals surface area contributed by atoms with Crippen LogP contribution in [0.2, 0.25) is 0 Å². The van der Waals surface area contributed by atoms with E-state index in [1.165, 1.54) is 0 Å². The molecule has 0 aliphatic heterocycles. The Hall–Kier alpha value is -2.23. The van der Waals surface area contributed by atoms with Gasteiger partial charge in [0.2, 0.25) is 0 Å². The fourth-order valence-corrected chi connectivity index (χ4v) is 2.24. The van der Waals surface area contributed by atoms with Gasteiger partial charge in [-0.1, -0.05) is 26.0 Å². The van der Waals surface area contributed by atoms with Gasteiger partial charge in [-0.25, -0.2) is 4.79 Å². The van der Waals surface area contributed by atoms with E-state index in [9.17, 15) is 9.90 Å². The topological polar surface area (TPSA) is 51.5 Å². The molecule has 0 atom stereocenters. The van der Waals surface area contributed by atoms with Gasteiger partial charge in [-0.15, -0.1) is 0 Å².